The molecule has 1 saturated carbocycles. The zero-order valence-electron chi connectivity index (χ0n) is 13.3. The summed E-state index contributed by atoms with van der Waals surface area (Å²) in [5, 5.41) is 22.8. The smallest absolute Gasteiger partial charge is 0.319 e. The summed E-state index contributed by atoms with van der Waals surface area (Å²) in [6.07, 6.45) is 1.35. The number of nitrogens with one attached hydrogen (secondary N) is 2. The lowest BCUT2D eigenvalue weighted by atomic mass is 9.85. The third-order valence-electron chi connectivity index (χ3n) is 4.06. The van der Waals surface area contributed by atoms with Crippen molar-refractivity contribution in [1.29, 1.82) is 5.26 Å². The average molecular weight is 334 g/mol. The molecule has 0 aromatic heterocycles. The van der Waals surface area contributed by atoms with Gasteiger partial charge >= 0.3 is 12.0 Å². The van der Waals surface area contributed by atoms with E-state index in [1.807, 2.05) is 11.8 Å². The Bertz CT molecular complexity index is 668. The first-order valence-corrected chi connectivity index (χ1v) is 7.66. The van der Waals surface area contributed by atoms with Gasteiger partial charge in [0.05, 0.1) is 12.1 Å². The SMILES string of the molecule is CCN(CC(=O)O)C1CC(NC(=O)Nc2ccc(C#N)c(F)c2)C1. The molecule has 0 bridgehead atoms. The summed E-state index contributed by atoms with van der Waals surface area (Å²) in [6, 6.07) is 5.20. The highest BCUT2D eigenvalue weighted by Gasteiger charge is 2.34. The number of likely N-dealkylation sites (N-methyl/N-ethyl adjacent to an activating group) is 1. The molecular formula is C16H19FN4O3. The molecule has 0 unspecified atom stereocenters. The fourth-order valence-electron chi connectivity index (χ4n) is 2.71. The predicted molar refractivity (Wildman–Crippen MR) is 85.0 cm³/mol. The van der Waals surface area contributed by atoms with E-state index < -0.39 is 17.8 Å². The number of urea groups is 1. The number of hydrogen-bond acceptors (Lipinski definition) is 4. The van der Waals surface area contributed by atoms with Gasteiger partial charge in [0, 0.05) is 17.8 Å². The Hall–Kier alpha value is -2.66. The van der Waals surface area contributed by atoms with Crippen LogP contribution in [-0.4, -0.2) is 47.2 Å². The minimum atomic E-state index is -0.867. The fraction of sp³-hybridized carbons (Fsp3) is 0.438. The molecule has 8 heteroatoms. The molecule has 0 atom stereocenters. The lowest BCUT2D eigenvalue weighted by Gasteiger charge is -2.42. The summed E-state index contributed by atoms with van der Waals surface area (Å²) in [6.45, 7) is 2.53. The molecule has 0 saturated heterocycles. The average Bonchev–Trinajstić information content (AvgIpc) is 2.48. The topological polar surface area (TPSA) is 105 Å². The van der Waals surface area contributed by atoms with E-state index >= 15 is 0 Å². The van der Waals surface area contributed by atoms with Crippen molar-refractivity contribution in [2.75, 3.05) is 18.4 Å². The van der Waals surface area contributed by atoms with Gasteiger partial charge in [0.25, 0.3) is 0 Å². The number of carbonyl (C=O) groups is 2. The molecule has 3 N–H and O–H groups in total. The first kappa shape index (κ1) is 17.7. The number of nitrogens with zero attached hydrogens (tertiary/aromatic N) is 2. The maximum absolute atomic E-state index is 13.5. The summed E-state index contributed by atoms with van der Waals surface area (Å²) in [7, 11) is 0. The largest absolute Gasteiger partial charge is 0.480 e. The highest BCUT2D eigenvalue weighted by molar-refractivity contribution is 5.89. The number of nitriles is 1. The molecule has 1 aromatic carbocycles. The number of amides is 2. The summed E-state index contributed by atoms with van der Waals surface area (Å²) in [5.41, 5.74) is 0.182. The molecule has 0 aliphatic heterocycles. The van der Waals surface area contributed by atoms with Crippen LogP contribution in [0, 0.1) is 17.1 Å². The number of halogens is 1. The molecule has 7 nitrogen and oxygen atoms in total. The van der Waals surface area contributed by atoms with Crippen LogP contribution in [0.2, 0.25) is 0 Å². The van der Waals surface area contributed by atoms with E-state index in [9.17, 15) is 14.0 Å². The highest BCUT2D eigenvalue weighted by Crippen LogP contribution is 2.25. The van der Waals surface area contributed by atoms with Gasteiger partial charge in [0.1, 0.15) is 11.9 Å². The van der Waals surface area contributed by atoms with Crippen molar-refractivity contribution in [1.82, 2.24) is 10.2 Å². The van der Waals surface area contributed by atoms with Crippen molar-refractivity contribution < 1.29 is 19.1 Å². The quantitative estimate of drug-likeness (QED) is 0.735. The van der Waals surface area contributed by atoms with E-state index in [0.717, 1.165) is 6.07 Å². The number of anilines is 1. The van der Waals surface area contributed by atoms with Crippen molar-refractivity contribution in [3.8, 4) is 6.07 Å². The Morgan fingerprint density at radius 2 is 2.17 bits per heavy atom. The molecule has 0 radical (unpaired) electrons. The lowest BCUT2D eigenvalue weighted by molar-refractivity contribution is -0.139. The number of aliphatic carboxylic acids is 1. The summed E-state index contributed by atoms with van der Waals surface area (Å²) < 4.78 is 13.5. The molecule has 0 spiro atoms. The van der Waals surface area contributed by atoms with Crippen molar-refractivity contribution in [2.24, 2.45) is 0 Å². The number of benzene rings is 1. The van der Waals surface area contributed by atoms with Gasteiger partial charge in [-0.15, -0.1) is 0 Å². The summed E-state index contributed by atoms with van der Waals surface area (Å²) >= 11 is 0. The zero-order valence-corrected chi connectivity index (χ0v) is 13.3. The van der Waals surface area contributed by atoms with E-state index in [-0.39, 0.29) is 29.9 Å². The van der Waals surface area contributed by atoms with Crippen molar-refractivity contribution in [2.45, 2.75) is 31.8 Å². The van der Waals surface area contributed by atoms with Crippen LogP contribution in [-0.2, 0) is 4.79 Å². The van der Waals surface area contributed by atoms with Gasteiger partial charge in [-0.3, -0.25) is 9.69 Å². The first-order chi connectivity index (χ1) is 11.4. The Kier molecular flexibility index (Phi) is 5.71. The second-order valence-electron chi connectivity index (χ2n) is 5.68. The Labute approximate surface area is 139 Å². The maximum Gasteiger partial charge on any atom is 0.319 e. The summed E-state index contributed by atoms with van der Waals surface area (Å²) in [5.74, 6) is -1.56. The van der Waals surface area contributed by atoms with Crippen molar-refractivity contribution in [3.05, 3.63) is 29.6 Å². The molecule has 1 aliphatic carbocycles. The van der Waals surface area contributed by atoms with Gasteiger partial charge < -0.3 is 15.7 Å². The van der Waals surface area contributed by atoms with Crippen molar-refractivity contribution >= 4 is 17.7 Å². The number of carboxylic acids is 1. The molecule has 0 heterocycles. The molecule has 2 rings (SSSR count). The highest BCUT2D eigenvalue weighted by atomic mass is 19.1. The van der Waals surface area contributed by atoms with Gasteiger partial charge in [-0.1, -0.05) is 6.92 Å². The number of carboxylic acid groups (broad SMARTS) is 1. The molecule has 1 aromatic rings. The minimum absolute atomic E-state index is 0.00932. The van der Waals surface area contributed by atoms with E-state index in [4.69, 9.17) is 10.4 Å². The van der Waals surface area contributed by atoms with Gasteiger partial charge in [-0.25, -0.2) is 9.18 Å². The predicted octanol–water partition coefficient (Wildman–Crippen LogP) is 1.76. The number of carbonyl (C=O) groups excluding carboxylic acids is 1. The number of rotatable bonds is 6. The Balaban J connectivity index is 1.79. The van der Waals surface area contributed by atoms with Crippen LogP contribution in [0.5, 0.6) is 0 Å². The van der Waals surface area contributed by atoms with Gasteiger partial charge in [0.2, 0.25) is 0 Å². The van der Waals surface area contributed by atoms with Crippen LogP contribution in [0.3, 0.4) is 0 Å². The van der Waals surface area contributed by atoms with E-state index in [0.29, 0.717) is 19.4 Å². The van der Waals surface area contributed by atoms with E-state index in [1.54, 1.807) is 6.07 Å². The molecule has 24 heavy (non-hydrogen) atoms. The second kappa shape index (κ2) is 7.75. The molecule has 128 valence electrons. The van der Waals surface area contributed by atoms with Crippen LogP contribution in [0.25, 0.3) is 0 Å². The molecular weight excluding hydrogens is 315 g/mol. The van der Waals surface area contributed by atoms with E-state index in [2.05, 4.69) is 10.6 Å². The molecule has 1 fully saturated rings. The molecule has 2 amide bonds. The van der Waals surface area contributed by atoms with Gasteiger partial charge in [-0.05, 0) is 37.6 Å². The third kappa shape index (κ3) is 4.43. The normalized spacial score (nSPS) is 19.2. The Morgan fingerprint density at radius 3 is 2.71 bits per heavy atom. The molecule has 1 aliphatic rings. The monoisotopic (exact) mass is 334 g/mol. The first-order valence-electron chi connectivity index (χ1n) is 7.66. The Morgan fingerprint density at radius 1 is 1.46 bits per heavy atom. The summed E-state index contributed by atoms with van der Waals surface area (Å²) in [4.78, 5) is 24.5. The number of hydrogen-bond donors (Lipinski definition) is 3. The van der Waals surface area contributed by atoms with Crippen LogP contribution in [0.15, 0.2) is 18.2 Å². The fourth-order valence-corrected chi connectivity index (χ4v) is 2.71. The van der Waals surface area contributed by atoms with E-state index in [1.165, 1.54) is 12.1 Å². The third-order valence-corrected chi connectivity index (χ3v) is 4.06. The second-order valence-corrected chi connectivity index (χ2v) is 5.68. The minimum Gasteiger partial charge on any atom is -0.480 e. The van der Waals surface area contributed by atoms with Gasteiger partial charge in [-0.2, -0.15) is 5.26 Å². The zero-order chi connectivity index (χ0) is 17.7. The van der Waals surface area contributed by atoms with Gasteiger partial charge in [0.15, 0.2) is 0 Å². The lowest BCUT2D eigenvalue weighted by Crippen LogP contribution is -2.55. The van der Waals surface area contributed by atoms with Crippen LogP contribution < -0.4 is 10.6 Å². The van der Waals surface area contributed by atoms with Crippen molar-refractivity contribution in [3.63, 3.8) is 0 Å². The van der Waals surface area contributed by atoms with Crippen LogP contribution >= 0.6 is 0 Å². The maximum atomic E-state index is 13.5. The standard InChI is InChI=1S/C16H19FN4O3/c1-2-21(9-15(22)23)13-5-12(6-13)20-16(24)19-11-4-3-10(8-18)14(17)7-11/h3-4,7,12-13H,2,5-6,9H2,1H3,(H,22,23)(H2,19,20,24). The van der Waals surface area contributed by atoms with Crippen LogP contribution in [0.4, 0.5) is 14.9 Å². The van der Waals surface area contributed by atoms with Crippen LogP contribution in [0.1, 0.15) is 25.3 Å².